The Morgan fingerprint density at radius 3 is 2.53 bits per heavy atom. The Morgan fingerprint density at radius 1 is 1.18 bits per heavy atom. The second-order valence-corrected chi connectivity index (χ2v) is 4.46. The number of rotatable bonds is 1. The lowest BCUT2D eigenvalue weighted by Gasteiger charge is -2.15. The Hall–Kier alpha value is -1.91. The number of nitrogens with one attached hydrogen (secondary N) is 1. The van der Waals surface area contributed by atoms with Crippen LogP contribution in [0.3, 0.4) is 0 Å². The predicted octanol–water partition coefficient (Wildman–Crippen LogP) is 1.64. The molecular weight excluding hydrogens is 214 g/mol. The molecule has 2 heterocycles. The summed E-state index contributed by atoms with van der Waals surface area (Å²) < 4.78 is 0. The maximum atomic E-state index is 5.61. The van der Waals surface area contributed by atoms with Gasteiger partial charge in [-0.1, -0.05) is 0 Å². The lowest BCUT2D eigenvalue weighted by molar-refractivity contribution is 0.647. The summed E-state index contributed by atoms with van der Waals surface area (Å²) in [5, 5.41) is 6.82. The van der Waals surface area contributed by atoms with Crippen LogP contribution in [0.15, 0.2) is 6.07 Å². The van der Waals surface area contributed by atoms with Gasteiger partial charge in [0.25, 0.3) is 0 Å². The topological polar surface area (TPSA) is 80.5 Å². The number of aromatic nitrogens is 4. The van der Waals surface area contributed by atoms with Crippen molar-refractivity contribution in [1.29, 1.82) is 0 Å². The zero-order chi connectivity index (χ0) is 11.8. The number of H-pyrrole nitrogens is 1. The zero-order valence-corrected chi connectivity index (χ0v) is 9.82. The van der Waals surface area contributed by atoms with Crippen LogP contribution in [-0.2, 0) is 12.8 Å². The van der Waals surface area contributed by atoms with Crippen LogP contribution in [0.25, 0.3) is 11.4 Å². The van der Waals surface area contributed by atoms with Crippen LogP contribution in [0.4, 0.5) is 5.82 Å². The number of aromatic amines is 1. The molecule has 0 bridgehead atoms. The third-order valence-electron chi connectivity index (χ3n) is 3.16. The van der Waals surface area contributed by atoms with Crippen molar-refractivity contribution in [3.8, 4) is 11.4 Å². The fourth-order valence-electron chi connectivity index (χ4n) is 2.30. The van der Waals surface area contributed by atoms with Crippen LogP contribution >= 0.6 is 0 Å². The van der Waals surface area contributed by atoms with Gasteiger partial charge in [-0.25, -0.2) is 4.98 Å². The number of hydrogen-bond acceptors (Lipinski definition) is 4. The summed E-state index contributed by atoms with van der Waals surface area (Å²) in [4.78, 5) is 9.36. The quantitative estimate of drug-likeness (QED) is 0.779. The van der Waals surface area contributed by atoms with Crippen LogP contribution in [0.2, 0.25) is 0 Å². The second kappa shape index (κ2) is 3.84. The predicted molar refractivity (Wildman–Crippen MR) is 65.4 cm³/mol. The molecule has 2 aromatic heterocycles. The number of nitrogens with zero attached hydrogens (tertiary/aromatic N) is 3. The van der Waals surface area contributed by atoms with Crippen molar-refractivity contribution >= 4 is 5.82 Å². The number of aryl methyl sites for hydroxylation is 3. The van der Waals surface area contributed by atoms with Gasteiger partial charge in [0.2, 0.25) is 0 Å². The minimum atomic E-state index is 0.485. The van der Waals surface area contributed by atoms with Gasteiger partial charge in [-0.05, 0) is 32.6 Å². The maximum absolute atomic E-state index is 5.61. The number of nitrogens with two attached hydrogens (primary N) is 1. The van der Waals surface area contributed by atoms with E-state index < -0.39 is 0 Å². The molecule has 1 aliphatic carbocycles. The summed E-state index contributed by atoms with van der Waals surface area (Å²) in [6, 6.07) is 1.80. The van der Waals surface area contributed by atoms with Crippen LogP contribution in [0.5, 0.6) is 0 Å². The molecule has 0 unspecified atom stereocenters. The highest BCUT2D eigenvalue weighted by molar-refractivity contribution is 5.60. The van der Waals surface area contributed by atoms with Gasteiger partial charge < -0.3 is 5.73 Å². The van der Waals surface area contributed by atoms with E-state index in [1.807, 2.05) is 6.92 Å². The molecule has 5 heteroatoms. The fraction of sp³-hybridized carbons (Fsp3) is 0.417. The summed E-state index contributed by atoms with van der Waals surface area (Å²) >= 11 is 0. The molecule has 0 aromatic carbocycles. The highest BCUT2D eigenvalue weighted by Crippen LogP contribution is 2.24. The molecule has 1 aliphatic rings. The molecule has 0 aliphatic heterocycles. The Morgan fingerprint density at radius 2 is 1.88 bits per heavy atom. The number of anilines is 1. The molecule has 3 N–H and O–H groups in total. The number of nitrogen functional groups attached to an aromatic ring is 1. The number of hydrogen-bond donors (Lipinski definition) is 2. The van der Waals surface area contributed by atoms with Crippen molar-refractivity contribution in [3.63, 3.8) is 0 Å². The van der Waals surface area contributed by atoms with Crippen LogP contribution in [-0.4, -0.2) is 20.2 Å². The Balaban J connectivity index is 2.11. The minimum absolute atomic E-state index is 0.485. The summed E-state index contributed by atoms with van der Waals surface area (Å²) in [6.45, 7) is 1.98. The van der Waals surface area contributed by atoms with Gasteiger partial charge in [-0.2, -0.15) is 5.10 Å². The van der Waals surface area contributed by atoms with E-state index in [9.17, 15) is 0 Å². The van der Waals surface area contributed by atoms with E-state index in [-0.39, 0.29) is 0 Å². The van der Waals surface area contributed by atoms with E-state index in [1.54, 1.807) is 6.07 Å². The van der Waals surface area contributed by atoms with Crippen molar-refractivity contribution < 1.29 is 0 Å². The molecule has 0 atom stereocenters. The Labute approximate surface area is 99.5 Å². The van der Waals surface area contributed by atoms with Crippen molar-refractivity contribution in [2.45, 2.75) is 32.6 Å². The summed E-state index contributed by atoms with van der Waals surface area (Å²) in [5.41, 5.74) is 10.6. The standard InChI is InChI=1S/C12H15N5/c1-7-12(10-6-11(13)17-16-10)15-9-5-3-2-4-8(9)14-7/h6H,2-5H2,1H3,(H3,13,16,17). The first-order valence-electron chi connectivity index (χ1n) is 5.91. The third kappa shape index (κ3) is 1.77. The van der Waals surface area contributed by atoms with Crippen molar-refractivity contribution in [3.05, 3.63) is 23.1 Å². The third-order valence-corrected chi connectivity index (χ3v) is 3.16. The molecule has 17 heavy (non-hydrogen) atoms. The first-order chi connectivity index (χ1) is 8.24. The highest BCUT2D eigenvalue weighted by atomic mass is 15.2. The van der Waals surface area contributed by atoms with E-state index in [4.69, 9.17) is 10.7 Å². The van der Waals surface area contributed by atoms with Gasteiger partial charge in [0, 0.05) is 6.07 Å². The molecule has 0 radical (unpaired) electrons. The van der Waals surface area contributed by atoms with E-state index in [2.05, 4.69) is 15.2 Å². The van der Waals surface area contributed by atoms with Gasteiger partial charge in [-0.3, -0.25) is 10.1 Å². The lowest BCUT2D eigenvalue weighted by atomic mass is 10.00. The van der Waals surface area contributed by atoms with Gasteiger partial charge in [-0.15, -0.1) is 0 Å². The molecule has 5 nitrogen and oxygen atoms in total. The average molecular weight is 229 g/mol. The van der Waals surface area contributed by atoms with E-state index in [1.165, 1.54) is 12.8 Å². The van der Waals surface area contributed by atoms with Crippen LogP contribution < -0.4 is 5.73 Å². The Kier molecular flexibility index (Phi) is 2.31. The molecule has 0 saturated heterocycles. The molecule has 0 spiro atoms. The highest BCUT2D eigenvalue weighted by Gasteiger charge is 2.16. The monoisotopic (exact) mass is 229 g/mol. The average Bonchev–Trinajstić information content (AvgIpc) is 2.75. The normalized spacial score (nSPS) is 14.6. The second-order valence-electron chi connectivity index (χ2n) is 4.46. The molecule has 88 valence electrons. The number of fused-ring (bicyclic) bond motifs is 1. The Bertz CT molecular complexity index is 558. The largest absolute Gasteiger partial charge is 0.382 e. The molecule has 0 saturated carbocycles. The molecule has 0 amide bonds. The van der Waals surface area contributed by atoms with Gasteiger partial charge >= 0.3 is 0 Å². The van der Waals surface area contributed by atoms with E-state index in [0.717, 1.165) is 41.3 Å². The van der Waals surface area contributed by atoms with E-state index in [0.29, 0.717) is 5.82 Å². The van der Waals surface area contributed by atoms with Crippen molar-refractivity contribution in [2.24, 2.45) is 0 Å². The first-order valence-corrected chi connectivity index (χ1v) is 5.91. The lowest BCUT2D eigenvalue weighted by Crippen LogP contribution is -2.10. The van der Waals surface area contributed by atoms with Crippen molar-refractivity contribution in [1.82, 2.24) is 20.2 Å². The summed E-state index contributed by atoms with van der Waals surface area (Å²) in [6.07, 6.45) is 4.50. The smallest absolute Gasteiger partial charge is 0.145 e. The maximum Gasteiger partial charge on any atom is 0.145 e. The molecule has 0 fully saturated rings. The van der Waals surface area contributed by atoms with Crippen molar-refractivity contribution in [2.75, 3.05) is 5.73 Å². The fourth-order valence-corrected chi connectivity index (χ4v) is 2.30. The van der Waals surface area contributed by atoms with Gasteiger partial charge in [0.15, 0.2) is 0 Å². The zero-order valence-electron chi connectivity index (χ0n) is 9.82. The first kappa shape index (κ1) is 10.3. The summed E-state index contributed by atoms with van der Waals surface area (Å²) in [7, 11) is 0. The van der Waals surface area contributed by atoms with Gasteiger partial charge in [0.05, 0.1) is 22.8 Å². The summed E-state index contributed by atoms with van der Waals surface area (Å²) in [5.74, 6) is 0.485. The van der Waals surface area contributed by atoms with Crippen LogP contribution in [0, 0.1) is 6.92 Å². The minimum Gasteiger partial charge on any atom is -0.382 e. The molecule has 3 rings (SSSR count). The van der Waals surface area contributed by atoms with Gasteiger partial charge in [0.1, 0.15) is 11.5 Å². The van der Waals surface area contributed by atoms with Crippen LogP contribution in [0.1, 0.15) is 29.9 Å². The SMILES string of the molecule is Cc1nc2c(nc1-c1cc(N)n[nH]1)CCCC2. The van der Waals surface area contributed by atoms with E-state index >= 15 is 0 Å². The molecule has 2 aromatic rings. The molecular formula is C12H15N5.